The van der Waals surface area contributed by atoms with Crippen LogP contribution >= 0.6 is 0 Å². The Morgan fingerprint density at radius 2 is 2.10 bits per heavy atom. The summed E-state index contributed by atoms with van der Waals surface area (Å²) in [5.41, 5.74) is 0.00453. The molecule has 1 aromatic rings. The van der Waals surface area contributed by atoms with Gasteiger partial charge < -0.3 is 15.2 Å². The Hall–Kier alpha value is -1.95. The zero-order chi connectivity index (χ0) is 15.3. The summed E-state index contributed by atoms with van der Waals surface area (Å²) in [7, 11) is 1.59. The first-order valence-corrected chi connectivity index (χ1v) is 6.26. The van der Waals surface area contributed by atoms with E-state index in [-0.39, 0.29) is 28.7 Å². The number of amides is 1. The van der Waals surface area contributed by atoms with E-state index in [1.807, 2.05) is 20.8 Å². The molecule has 0 bridgehead atoms. The van der Waals surface area contributed by atoms with Gasteiger partial charge in [-0.15, -0.1) is 0 Å². The van der Waals surface area contributed by atoms with Crippen molar-refractivity contribution in [1.82, 2.24) is 10.3 Å². The maximum Gasteiger partial charge on any atom is 0.354 e. The fourth-order valence-electron chi connectivity index (χ4n) is 1.72. The molecule has 110 valence electrons. The van der Waals surface area contributed by atoms with Gasteiger partial charge in [0.2, 0.25) is 0 Å². The van der Waals surface area contributed by atoms with Gasteiger partial charge in [-0.05, 0) is 17.5 Å². The highest BCUT2D eigenvalue weighted by Crippen LogP contribution is 2.21. The largest absolute Gasteiger partial charge is 0.477 e. The van der Waals surface area contributed by atoms with Crippen molar-refractivity contribution >= 4 is 11.9 Å². The van der Waals surface area contributed by atoms with Crippen LogP contribution in [0.4, 0.5) is 0 Å². The van der Waals surface area contributed by atoms with E-state index >= 15 is 0 Å². The monoisotopic (exact) mass is 280 g/mol. The van der Waals surface area contributed by atoms with Crippen LogP contribution in [0.5, 0.6) is 0 Å². The Bertz CT molecular complexity index is 494. The number of hydrogen-bond donors (Lipinski definition) is 2. The second kappa shape index (κ2) is 6.47. The molecule has 1 aromatic heterocycles. The van der Waals surface area contributed by atoms with E-state index in [0.29, 0.717) is 6.54 Å². The maximum atomic E-state index is 12.0. The van der Waals surface area contributed by atoms with Crippen molar-refractivity contribution in [2.24, 2.45) is 5.41 Å². The van der Waals surface area contributed by atoms with Gasteiger partial charge in [0.1, 0.15) is 5.69 Å². The third-order valence-electron chi connectivity index (χ3n) is 2.94. The number of methoxy groups -OCH3 is 1. The van der Waals surface area contributed by atoms with Crippen molar-refractivity contribution < 1.29 is 19.4 Å². The van der Waals surface area contributed by atoms with E-state index in [1.165, 1.54) is 18.3 Å². The molecule has 0 aliphatic rings. The average Bonchev–Trinajstić information content (AvgIpc) is 2.37. The molecular weight excluding hydrogens is 260 g/mol. The molecule has 0 aliphatic heterocycles. The molecule has 0 saturated carbocycles. The Labute approximate surface area is 118 Å². The summed E-state index contributed by atoms with van der Waals surface area (Å²) in [4.78, 5) is 26.5. The molecular formula is C14H20N2O4. The lowest BCUT2D eigenvalue weighted by Crippen LogP contribution is -2.40. The highest BCUT2D eigenvalue weighted by Gasteiger charge is 2.25. The standard InChI is InChI=1S/C14H20N2O4/c1-14(2,3)11(20-4)8-16-12(17)9-5-6-15-10(7-9)13(18)19/h5-7,11H,8H2,1-4H3,(H,16,17)(H,18,19). The topological polar surface area (TPSA) is 88.5 Å². The van der Waals surface area contributed by atoms with Crippen molar-refractivity contribution in [3.05, 3.63) is 29.6 Å². The van der Waals surface area contributed by atoms with Crippen LogP contribution in [-0.4, -0.2) is 41.7 Å². The maximum absolute atomic E-state index is 12.0. The van der Waals surface area contributed by atoms with Crippen molar-refractivity contribution in [2.75, 3.05) is 13.7 Å². The zero-order valence-electron chi connectivity index (χ0n) is 12.1. The van der Waals surface area contributed by atoms with E-state index in [4.69, 9.17) is 9.84 Å². The molecule has 6 heteroatoms. The van der Waals surface area contributed by atoms with Crippen LogP contribution in [0.2, 0.25) is 0 Å². The molecule has 1 heterocycles. The van der Waals surface area contributed by atoms with Gasteiger partial charge in [-0.25, -0.2) is 9.78 Å². The van der Waals surface area contributed by atoms with Crippen LogP contribution < -0.4 is 5.32 Å². The summed E-state index contributed by atoms with van der Waals surface area (Å²) in [6.45, 7) is 6.40. The molecule has 1 atom stereocenters. The lowest BCUT2D eigenvalue weighted by molar-refractivity contribution is 0.0176. The van der Waals surface area contributed by atoms with Crippen LogP contribution in [0.25, 0.3) is 0 Å². The smallest absolute Gasteiger partial charge is 0.354 e. The lowest BCUT2D eigenvalue weighted by atomic mass is 9.89. The summed E-state index contributed by atoms with van der Waals surface area (Å²) >= 11 is 0. The SMILES string of the molecule is COC(CNC(=O)c1ccnc(C(=O)O)c1)C(C)(C)C. The van der Waals surface area contributed by atoms with Crippen molar-refractivity contribution in [2.45, 2.75) is 26.9 Å². The van der Waals surface area contributed by atoms with Crippen LogP contribution in [-0.2, 0) is 4.74 Å². The minimum absolute atomic E-state index is 0.105. The number of nitrogens with zero attached hydrogens (tertiary/aromatic N) is 1. The molecule has 2 N–H and O–H groups in total. The number of rotatable bonds is 5. The van der Waals surface area contributed by atoms with E-state index in [2.05, 4.69) is 10.3 Å². The molecule has 1 amide bonds. The third-order valence-corrected chi connectivity index (χ3v) is 2.94. The van der Waals surface area contributed by atoms with Crippen molar-refractivity contribution in [3.8, 4) is 0 Å². The number of nitrogens with one attached hydrogen (secondary N) is 1. The lowest BCUT2D eigenvalue weighted by Gasteiger charge is -2.29. The number of pyridine rings is 1. The molecule has 0 aromatic carbocycles. The Kier molecular flexibility index (Phi) is 5.21. The Morgan fingerprint density at radius 3 is 2.60 bits per heavy atom. The predicted molar refractivity (Wildman–Crippen MR) is 73.8 cm³/mol. The molecule has 0 aliphatic carbocycles. The number of aromatic carboxylic acids is 1. The first kappa shape index (κ1) is 16.1. The minimum Gasteiger partial charge on any atom is -0.477 e. The van der Waals surface area contributed by atoms with Gasteiger partial charge in [0.25, 0.3) is 5.91 Å². The van der Waals surface area contributed by atoms with Gasteiger partial charge in [-0.3, -0.25) is 4.79 Å². The van der Waals surface area contributed by atoms with Gasteiger partial charge in [0.05, 0.1) is 6.10 Å². The van der Waals surface area contributed by atoms with Gasteiger partial charge >= 0.3 is 5.97 Å². The molecule has 0 fully saturated rings. The number of carboxylic acids is 1. The predicted octanol–water partition coefficient (Wildman–Crippen LogP) is 1.57. The second-order valence-electron chi connectivity index (χ2n) is 5.54. The number of carbonyl (C=O) groups is 2. The first-order chi connectivity index (χ1) is 9.25. The summed E-state index contributed by atoms with van der Waals surface area (Å²) in [6.07, 6.45) is 1.17. The van der Waals surface area contributed by atoms with Crippen LogP contribution in [0.3, 0.4) is 0 Å². The number of carboxylic acid groups (broad SMARTS) is 1. The fourth-order valence-corrected chi connectivity index (χ4v) is 1.72. The third kappa shape index (κ3) is 4.31. The summed E-state index contributed by atoms with van der Waals surface area (Å²) in [5.74, 6) is -1.51. The van der Waals surface area contributed by atoms with Crippen molar-refractivity contribution in [3.63, 3.8) is 0 Å². The molecule has 20 heavy (non-hydrogen) atoms. The van der Waals surface area contributed by atoms with E-state index < -0.39 is 5.97 Å². The quantitative estimate of drug-likeness (QED) is 0.854. The zero-order valence-corrected chi connectivity index (χ0v) is 12.1. The van der Waals surface area contributed by atoms with Gasteiger partial charge in [-0.2, -0.15) is 0 Å². The Morgan fingerprint density at radius 1 is 1.45 bits per heavy atom. The highest BCUT2D eigenvalue weighted by molar-refractivity contribution is 5.96. The van der Waals surface area contributed by atoms with Crippen LogP contribution in [0, 0.1) is 5.41 Å². The summed E-state index contributed by atoms with van der Waals surface area (Å²) in [5, 5.41) is 11.6. The van der Waals surface area contributed by atoms with E-state index in [0.717, 1.165) is 0 Å². The van der Waals surface area contributed by atoms with Crippen LogP contribution in [0.1, 0.15) is 41.6 Å². The summed E-state index contributed by atoms with van der Waals surface area (Å²) < 4.78 is 5.34. The van der Waals surface area contributed by atoms with Gasteiger partial charge in [0.15, 0.2) is 0 Å². The molecule has 1 unspecified atom stereocenters. The van der Waals surface area contributed by atoms with E-state index in [1.54, 1.807) is 7.11 Å². The van der Waals surface area contributed by atoms with Gasteiger partial charge in [-0.1, -0.05) is 20.8 Å². The Balaban J connectivity index is 2.72. The second-order valence-corrected chi connectivity index (χ2v) is 5.54. The highest BCUT2D eigenvalue weighted by atomic mass is 16.5. The molecule has 0 saturated heterocycles. The van der Waals surface area contributed by atoms with Crippen LogP contribution in [0.15, 0.2) is 18.3 Å². The average molecular weight is 280 g/mol. The normalized spacial score (nSPS) is 12.8. The molecule has 6 nitrogen and oxygen atoms in total. The fraction of sp³-hybridized carbons (Fsp3) is 0.500. The van der Waals surface area contributed by atoms with E-state index in [9.17, 15) is 9.59 Å². The molecule has 0 radical (unpaired) electrons. The first-order valence-electron chi connectivity index (χ1n) is 6.26. The van der Waals surface area contributed by atoms with Crippen molar-refractivity contribution in [1.29, 1.82) is 0 Å². The number of aromatic nitrogens is 1. The number of hydrogen-bond acceptors (Lipinski definition) is 4. The summed E-state index contributed by atoms with van der Waals surface area (Å²) in [6, 6.07) is 2.72. The molecule has 1 rings (SSSR count). The number of carbonyl (C=O) groups excluding carboxylic acids is 1. The molecule has 0 spiro atoms. The minimum atomic E-state index is -1.16. The number of ether oxygens (including phenoxy) is 1. The van der Waals surface area contributed by atoms with Gasteiger partial charge in [0, 0.05) is 25.4 Å².